The molecule has 0 spiro atoms. The van der Waals surface area contributed by atoms with Crippen LogP contribution in [0, 0.1) is 17.8 Å². The first-order chi connectivity index (χ1) is 12.2. The van der Waals surface area contributed by atoms with Crippen LogP contribution in [0.2, 0.25) is 0 Å². The lowest BCUT2D eigenvalue weighted by Crippen LogP contribution is -2.58. The van der Waals surface area contributed by atoms with Crippen LogP contribution < -0.4 is 10.1 Å². The molecule has 1 aromatic heterocycles. The highest BCUT2D eigenvalue weighted by molar-refractivity contribution is 5.65. The van der Waals surface area contributed by atoms with Gasteiger partial charge in [0, 0.05) is 18.2 Å². The second kappa shape index (κ2) is 5.87. The highest BCUT2D eigenvalue weighted by Crippen LogP contribution is 2.55. The van der Waals surface area contributed by atoms with E-state index in [-0.39, 0.29) is 0 Å². The van der Waals surface area contributed by atoms with Gasteiger partial charge in [-0.15, -0.1) is 0 Å². The minimum Gasteiger partial charge on any atom is -0.496 e. The molecule has 1 heterocycles. The Kier molecular flexibility index (Phi) is 3.63. The monoisotopic (exact) mass is 338 g/mol. The van der Waals surface area contributed by atoms with Crippen molar-refractivity contribution in [2.24, 2.45) is 17.8 Å². The molecule has 132 valence electrons. The molecule has 1 aromatic carbocycles. The summed E-state index contributed by atoms with van der Waals surface area (Å²) < 4.78 is 11.0. The zero-order valence-electron chi connectivity index (χ0n) is 14.8. The fourth-order valence-electron chi connectivity index (χ4n) is 5.98. The van der Waals surface area contributed by atoms with Gasteiger partial charge in [-0.1, -0.05) is 17.3 Å². The Balaban J connectivity index is 1.31. The van der Waals surface area contributed by atoms with Gasteiger partial charge in [-0.05, 0) is 68.4 Å². The summed E-state index contributed by atoms with van der Waals surface area (Å²) in [4.78, 5) is 0. The molecule has 4 bridgehead atoms. The van der Waals surface area contributed by atoms with Crippen molar-refractivity contribution in [3.8, 4) is 17.1 Å². The number of nitrogens with one attached hydrogen (secondary N) is 1. The van der Waals surface area contributed by atoms with Crippen molar-refractivity contribution in [1.82, 2.24) is 10.5 Å². The highest BCUT2D eigenvalue weighted by Gasteiger charge is 2.50. The van der Waals surface area contributed by atoms with Crippen LogP contribution in [0.5, 0.6) is 5.75 Å². The average molecular weight is 338 g/mol. The van der Waals surface area contributed by atoms with Crippen LogP contribution >= 0.6 is 0 Å². The lowest BCUT2D eigenvalue weighted by molar-refractivity contribution is -0.0208. The van der Waals surface area contributed by atoms with E-state index < -0.39 is 0 Å². The molecule has 4 saturated carbocycles. The maximum atomic E-state index is 5.59. The molecule has 0 radical (unpaired) electrons. The van der Waals surface area contributed by atoms with Crippen molar-refractivity contribution in [3.05, 3.63) is 36.0 Å². The summed E-state index contributed by atoms with van der Waals surface area (Å²) in [6, 6.07) is 9.97. The number of rotatable bonds is 5. The summed E-state index contributed by atoms with van der Waals surface area (Å²) in [5.41, 5.74) is 2.30. The van der Waals surface area contributed by atoms with E-state index in [0.717, 1.165) is 47.1 Å². The Bertz CT molecular complexity index is 731. The smallest absolute Gasteiger partial charge is 0.170 e. The Morgan fingerprint density at radius 3 is 2.48 bits per heavy atom. The van der Waals surface area contributed by atoms with Crippen LogP contribution in [0.15, 0.2) is 34.9 Å². The van der Waals surface area contributed by atoms with E-state index in [4.69, 9.17) is 9.26 Å². The highest BCUT2D eigenvalue weighted by atomic mass is 16.5. The van der Waals surface area contributed by atoms with Crippen LogP contribution in [0.4, 0.5) is 0 Å². The van der Waals surface area contributed by atoms with Crippen molar-refractivity contribution in [2.75, 3.05) is 7.11 Å². The largest absolute Gasteiger partial charge is 0.496 e. The summed E-state index contributed by atoms with van der Waals surface area (Å²) in [5.74, 6) is 4.47. The third kappa shape index (κ3) is 2.77. The molecule has 4 heteroatoms. The molecule has 2 aromatic rings. The third-order valence-corrected chi connectivity index (χ3v) is 6.61. The van der Waals surface area contributed by atoms with Gasteiger partial charge in [-0.2, -0.15) is 0 Å². The van der Waals surface area contributed by atoms with Gasteiger partial charge in [0.25, 0.3) is 0 Å². The standard InChI is InChI=1S/C21H26N2O2/c1-24-19-5-3-2-4-18(19)20-9-17(23-25-20)13-22-21-10-14-6-15(11-21)8-16(7-14)12-21/h2-5,9,14-16,22H,6-8,10-13H2,1H3. The number of nitrogens with zero attached hydrogens (tertiary/aromatic N) is 1. The number of aromatic nitrogens is 1. The molecule has 6 rings (SSSR count). The Labute approximate surface area is 148 Å². The van der Waals surface area contributed by atoms with Gasteiger partial charge in [0.15, 0.2) is 5.76 Å². The fraction of sp³-hybridized carbons (Fsp3) is 0.571. The SMILES string of the molecule is COc1ccccc1-c1cc(CNC23CC4CC(CC(C4)C2)C3)no1. The molecule has 25 heavy (non-hydrogen) atoms. The molecule has 0 atom stereocenters. The Morgan fingerprint density at radius 2 is 1.80 bits per heavy atom. The lowest BCUT2D eigenvalue weighted by Gasteiger charge is -2.57. The van der Waals surface area contributed by atoms with E-state index in [2.05, 4.69) is 10.5 Å². The summed E-state index contributed by atoms with van der Waals surface area (Å²) in [5, 5.41) is 8.18. The molecule has 4 aliphatic carbocycles. The van der Waals surface area contributed by atoms with Crippen molar-refractivity contribution in [3.63, 3.8) is 0 Å². The zero-order chi connectivity index (χ0) is 16.9. The quantitative estimate of drug-likeness (QED) is 0.877. The summed E-state index contributed by atoms with van der Waals surface area (Å²) in [6.07, 6.45) is 8.50. The molecule has 4 fully saturated rings. The van der Waals surface area contributed by atoms with Gasteiger partial charge in [0.05, 0.1) is 18.4 Å². The molecular weight excluding hydrogens is 312 g/mol. The molecule has 0 aliphatic heterocycles. The topological polar surface area (TPSA) is 47.3 Å². The van der Waals surface area contributed by atoms with Crippen LogP contribution in [0.3, 0.4) is 0 Å². The van der Waals surface area contributed by atoms with Crippen molar-refractivity contribution < 1.29 is 9.26 Å². The Hall–Kier alpha value is -1.81. The lowest BCUT2D eigenvalue weighted by atomic mass is 9.53. The molecule has 4 aliphatic rings. The fourth-order valence-corrected chi connectivity index (χ4v) is 5.98. The number of hydrogen-bond donors (Lipinski definition) is 1. The van der Waals surface area contributed by atoms with Crippen LogP contribution in [0.25, 0.3) is 11.3 Å². The number of para-hydroxylation sites is 1. The van der Waals surface area contributed by atoms with Crippen LogP contribution in [-0.4, -0.2) is 17.8 Å². The van der Waals surface area contributed by atoms with Gasteiger partial charge in [-0.25, -0.2) is 0 Å². The van der Waals surface area contributed by atoms with E-state index in [1.54, 1.807) is 7.11 Å². The van der Waals surface area contributed by atoms with Gasteiger partial charge in [-0.3, -0.25) is 0 Å². The van der Waals surface area contributed by atoms with E-state index in [1.165, 1.54) is 38.5 Å². The maximum Gasteiger partial charge on any atom is 0.170 e. The minimum atomic E-state index is 0.359. The van der Waals surface area contributed by atoms with Gasteiger partial charge < -0.3 is 14.6 Å². The predicted octanol–water partition coefficient (Wildman–Crippen LogP) is 4.41. The molecule has 0 saturated heterocycles. The zero-order valence-corrected chi connectivity index (χ0v) is 14.8. The summed E-state index contributed by atoms with van der Waals surface area (Å²) in [6.45, 7) is 0.796. The van der Waals surface area contributed by atoms with Crippen LogP contribution in [0.1, 0.15) is 44.2 Å². The van der Waals surface area contributed by atoms with Crippen molar-refractivity contribution in [2.45, 2.75) is 50.6 Å². The predicted molar refractivity (Wildman–Crippen MR) is 96.2 cm³/mol. The van der Waals surface area contributed by atoms with E-state index >= 15 is 0 Å². The molecule has 1 N–H and O–H groups in total. The van der Waals surface area contributed by atoms with Gasteiger partial charge in [0.1, 0.15) is 5.75 Å². The van der Waals surface area contributed by atoms with Crippen molar-refractivity contribution in [1.29, 1.82) is 0 Å². The number of methoxy groups -OCH3 is 1. The van der Waals surface area contributed by atoms with Crippen molar-refractivity contribution >= 4 is 0 Å². The first-order valence-electron chi connectivity index (χ1n) is 9.57. The van der Waals surface area contributed by atoms with Gasteiger partial charge >= 0.3 is 0 Å². The number of benzene rings is 1. The van der Waals surface area contributed by atoms with Crippen LogP contribution in [-0.2, 0) is 6.54 Å². The molecular formula is C21H26N2O2. The van der Waals surface area contributed by atoms with E-state index in [1.807, 2.05) is 30.3 Å². The van der Waals surface area contributed by atoms with E-state index in [9.17, 15) is 0 Å². The molecule has 0 unspecified atom stereocenters. The number of hydrogen-bond acceptors (Lipinski definition) is 4. The van der Waals surface area contributed by atoms with E-state index in [0.29, 0.717) is 5.54 Å². The Morgan fingerprint density at radius 1 is 1.12 bits per heavy atom. The minimum absolute atomic E-state index is 0.359. The molecule has 0 amide bonds. The number of ether oxygens (including phenoxy) is 1. The third-order valence-electron chi connectivity index (χ3n) is 6.61. The maximum absolute atomic E-state index is 5.59. The first-order valence-corrected chi connectivity index (χ1v) is 9.57. The molecule has 4 nitrogen and oxygen atoms in total. The second-order valence-corrected chi connectivity index (χ2v) is 8.43. The normalized spacial score (nSPS) is 32.9. The second-order valence-electron chi connectivity index (χ2n) is 8.43. The first kappa shape index (κ1) is 15.4. The average Bonchev–Trinajstić information content (AvgIpc) is 3.08. The summed E-state index contributed by atoms with van der Waals surface area (Å²) >= 11 is 0. The summed E-state index contributed by atoms with van der Waals surface area (Å²) in [7, 11) is 1.69. The van der Waals surface area contributed by atoms with Gasteiger partial charge in [0.2, 0.25) is 0 Å².